The Kier molecular flexibility index (Phi) is 5.15. The van der Waals surface area contributed by atoms with E-state index in [2.05, 4.69) is 22.9 Å². The first kappa shape index (κ1) is 15.0. The van der Waals surface area contributed by atoms with E-state index in [9.17, 15) is 4.39 Å². The molecule has 0 saturated heterocycles. The third kappa shape index (κ3) is 4.05. The molecule has 2 nitrogen and oxygen atoms in total. The predicted octanol–water partition coefficient (Wildman–Crippen LogP) is 4.66. The number of hydrogen-bond acceptors (Lipinski definition) is 2. The maximum Gasteiger partial charge on any atom is 0.130 e. The number of ether oxygens (including phenoxy) is 1. The van der Waals surface area contributed by atoms with Gasteiger partial charge in [0.05, 0.1) is 0 Å². The molecule has 2 aromatic carbocycles. The van der Waals surface area contributed by atoms with E-state index in [0.29, 0.717) is 11.5 Å². The van der Waals surface area contributed by atoms with Gasteiger partial charge in [0.15, 0.2) is 0 Å². The Morgan fingerprint density at radius 2 is 1.95 bits per heavy atom. The molecule has 2 N–H and O–H groups in total. The third-order valence-corrected chi connectivity index (χ3v) is 3.80. The third-order valence-electron chi connectivity index (χ3n) is 3.06. The summed E-state index contributed by atoms with van der Waals surface area (Å²) in [5.74, 6) is 0.832. The van der Waals surface area contributed by atoms with E-state index in [-0.39, 0.29) is 11.9 Å². The summed E-state index contributed by atoms with van der Waals surface area (Å²) < 4.78 is 19.7. The highest BCUT2D eigenvalue weighted by Gasteiger charge is 2.07. The van der Waals surface area contributed by atoms with Crippen LogP contribution in [0, 0.1) is 5.82 Å². The smallest absolute Gasteiger partial charge is 0.130 e. The SMILES string of the molecule is CCC(N)Cc1ccc(Oc2cccc(F)c2)cc1Br. The lowest BCUT2D eigenvalue weighted by Gasteiger charge is -2.12. The molecule has 106 valence electrons. The summed E-state index contributed by atoms with van der Waals surface area (Å²) in [6, 6.07) is 12.0. The van der Waals surface area contributed by atoms with Gasteiger partial charge in [-0.2, -0.15) is 0 Å². The molecule has 0 aliphatic heterocycles. The zero-order chi connectivity index (χ0) is 14.5. The average molecular weight is 338 g/mol. The molecule has 0 heterocycles. The molecule has 0 aromatic heterocycles. The van der Waals surface area contributed by atoms with Crippen LogP contribution in [0.2, 0.25) is 0 Å². The lowest BCUT2D eigenvalue weighted by molar-refractivity contribution is 0.476. The van der Waals surface area contributed by atoms with E-state index in [1.54, 1.807) is 12.1 Å². The predicted molar refractivity (Wildman–Crippen MR) is 82.6 cm³/mol. The Balaban J connectivity index is 2.13. The molecule has 0 aliphatic carbocycles. The normalized spacial score (nSPS) is 12.2. The standard InChI is InChI=1S/C16H17BrFNO/c1-2-13(19)8-11-6-7-15(10-16(11)17)20-14-5-3-4-12(18)9-14/h3-7,9-10,13H,2,8,19H2,1H3. The first-order chi connectivity index (χ1) is 9.58. The van der Waals surface area contributed by atoms with Gasteiger partial charge >= 0.3 is 0 Å². The highest BCUT2D eigenvalue weighted by atomic mass is 79.9. The summed E-state index contributed by atoms with van der Waals surface area (Å²) >= 11 is 3.52. The summed E-state index contributed by atoms with van der Waals surface area (Å²) in [5, 5.41) is 0. The fourth-order valence-corrected chi connectivity index (χ4v) is 2.37. The summed E-state index contributed by atoms with van der Waals surface area (Å²) in [7, 11) is 0. The number of nitrogens with two attached hydrogens (primary N) is 1. The second-order valence-electron chi connectivity index (χ2n) is 4.69. The van der Waals surface area contributed by atoms with Crippen molar-refractivity contribution in [2.45, 2.75) is 25.8 Å². The van der Waals surface area contributed by atoms with Gasteiger partial charge in [0.1, 0.15) is 17.3 Å². The fourth-order valence-electron chi connectivity index (χ4n) is 1.85. The van der Waals surface area contributed by atoms with Gasteiger partial charge in [-0.1, -0.05) is 35.0 Å². The number of rotatable bonds is 5. The van der Waals surface area contributed by atoms with Gasteiger partial charge in [0.2, 0.25) is 0 Å². The first-order valence-corrected chi connectivity index (χ1v) is 7.35. The van der Waals surface area contributed by atoms with Crippen LogP contribution in [0.15, 0.2) is 46.9 Å². The Morgan fingerprint density at radius 3 is 2.60 bits per heavy atom. The summed E-state index contributed by atoms with van der Waals surface area (Å²) in [6.07, 6.45) is 1.76. The Hall–Kier alpha value is -1.39. The van der Waals surface area contributed by atoms with Crippen LogP contribution in [0.4, 0.5) is 4.39 Å². The van der Waals surface area contributed by atoms with Gasteiger partial charge in [0.25, 0.3) is 0 Å². The lowest BCUT2D eigenvalue weighted by Crippen LogP contribution is -2.21. The monoisotopic (exact) mass is 337 g/mol. The van der Waals surface area contributed by atoms with Gasteiger partial charge < -0.3 is 10.5 Å². The van der Waals surface area contributed by atoms with Crippen molar-refractivity contribution < 1.29 is 9.13 Å². The van der Waals surface area contributed by atoms with Gasteiger partial charge in [-0.3, -0.25) is 0 Å². The molecule has 0 aliphatic rings. The van der Waals surface area contributed by atoms with E-state index in [4.69, 9.17) is 10.5 Å². The number of halogens is 2. The second-order valence-corrected chi connectivity index (χ2v) is 5.54. The molecule has 0 radical (unpaired) electrons. The largest absolute Gasteiger partial charge is 0.457 e. The Morgan fingerprint density at radius 1 is 1.20 bits per heavy atom. The molecule has 1 atom stereocenters. The van der Waals surface area contributed by atoms with Crippen molar-refractivity contribution in [1.82, 2.24) is 0 Å². The first-order valence-electron chi connectivity index (χ1n) is 6.56. The van der Waals surface area contributed by atoms with Gasteiger partial charge in [-0.25, -0.2) is 4.39 Å². The zero-order valence-corrected chi connectivity index (χ0v) is 12.9. The topological polar surface area (TPSA) is 35.2 Å². The number of hydrogen-bond donors (Lipinski definition) is 1. The van der Waals surface area contributed by atoms with E-state index < -0.39 is 0 Å². The molecule has 2 rings (SSSR count). The summed E-state index contributed by atoms with van der Waals surface area (Å²) in [5.41, 5.74) is 7.10. The van der Waals surface area contributed by atoms with Crippen LogP contribution in [-0.2, 0) is 6.42 Å². The lowest BCUT2D eigenvalue weighted by atomic mass is 10.0. The van der Waals surface area contributed by atoms with Crippen LogP contribution in [0.25, 0.3) is 0 Å². The van der Waals surface area contributed by atoms with Crippen molar-refractivity contribution >= 4 is 15.9 Å². The number of benzene rings is 2. The molecule has 4 heteroatoms. The van der Waals surface area contributed by atoms with Crippen LogP contribution >= 0.6 is 15.9 Å². The zero-order valence-electron chi connectivity index (χ0n) is 11.3. The van der Waals surface area contributed by atoms with E-state index in [1.165, 1.54) is 12.1 Å². The minimum absolute atomic E-state index is 0.154. The minimum atomic E-state index is -0.313. The second kappa shape index (κ2) is 6.86. The quantitative estimate of drug-likeness (QED) is 0.861. The average Bonchev–Trinajstić information content (AvgIpc) is 2.41. The Bertz CT molecular complexity index is 588. The molecular weight excluding hydrogens is 321 g/mol. The maximum absolute atomic E-state index is 13.1. The molecule has 20 heavy (non-hydrogen) atoms. The molecule has 0 amide bonds. The van der Waals surface area contributed by atoms with Crippen LogP contribution in [-0.4, -0.2) is 6.04 Å². The summed E-state index contributed by atoms with van der Waals surface area (Å²) in [6.45, 7) is 2.07. The molecular formula is C16H17BrFNO. The van der Waals surface area contributed by atoms with E-state index in [1.807, 2.05) is 18.2 Å². The molecule has 2 aromatic rings. The highest BCUT2D eigenvalue weighted by Crippen LogP contribution is 2.28. The van der Waals surface area contributed by atoms with Crippen molar-refractivity contribution in [3.05, 3.63) is 58.3 Å². The minimum Gasteiger partial charge on any atom is -0.457 e. The van der Waals surface area contributed by atoms with Crippen molar-refractivity contribution in [3.63, 3.8) is 0 Å². The summed E-state index contributed by atoms with van der Waals surface area (Å²) in [4.78, 5) is 0. The van der Waals surface area contributed by atoms with Crippen molar-refractivity contribution in [2.24, 2.45) is 5.73 Å². The van der Waals surface area contributed by atoms with Crippen molar-refractivity contribution in [1.29, 1.82) is 0 Å². The van der Waals surface area contributed by atoms with Crippen LogP contribution in [0.1, 0.15) is 18.9 Å². The maximum atomic E-state index is 13.1. The van der Waals surface area contributed by atoms with Crippen LogP contribution < -0.4 is 10.5 Å². The molecule has 1 unspecified atom stereocenters. The molecule has 0 spiro atoms. The van der Waals surface area contributed by atoms with Gasteiger partial charge in [-0.15, -0.1) is 0 Å². The van der Waals surface area contributed by atoms with Crippen LogP contribution in [0.5, 0.6) is 11.5 Å². The van der Waals surface area contributed by atoms with Gasteiger partial charge in [0, 0.05) is 16.6 Å². The van der Waals surface area contributed by atoms with Crippen molar-refractivity contribution in [3.8, 4) is 11.5 Å². The highest BCUT2D eigenvalue weighted by molar-refractivity contribution is 9.10. The van der Waals surface area contributed by atoms with Crippen LogP contribution in [0.3, 0.4) is 0 Å². The fraction of sp³-hybridized carbons (Fsp3) is 0.250. The van der Waals surface area contributed by atoms with Gasteiger partial charge in [-0.05, 0) is 42.7 Å². The molecule has 0 bridgehead atoms. The Labute approximate surface area is 126 Å². The van der Waals surface area contributed by atoms with E-state index in [0.717, 1.165) is 22.9 Å². The molecule has 0 fully saturated rings. The van der Waals surface area contributed by atoms with E-state index >= 15 is 0 Å². The molecule has 0 saturated carbocycles. The van der Waals surface area contributed by atoms with Crippen molar-refractivity contribution in [2.75, 3.05) is 0 Å².